The second kappa shape index (κ2) is 8.34. The van der Waals surface area contributed by atoms with E-state index in [0.717, 1.165) is 42.9 Å². The molecule has 162 valence electrons. The molecule has 3 aromatic heterocycles. The molecule has 5 rings (SSSR count). The standard InChI is InChI=1S/C25H24N4O3/c1-17-6-2-3-7-21(17)27-23(30)15-29-14-20(18-8-11-32-16-18)25(31)24-22(29)12-19(13-26-24)28-9-4-5-10-28/h2-3,6-8,11-14,16H,4-5,9-10,15H2,1H3,(H,27,30). The molecular weight excluding hydrogens is 404 g/mol. The van der Waals surface area contributed by atoms with Gasteiger partial charge < -0.3 is 19.2 Å². The smallest absolute Gasteiger partial charge is 0.244 e. The fourth-order valence-corrected chi connectivity index (χ4v) is 4.21. The molecule has 0 radical (unpaired) electrons. The highest BCUT2D eigenvalue weighted by molar-refractivity contribution is 5.93. The van der Waals surface area contributed by atoms with Crippen molar-refractivity contribution in [3.63, 3.8) is 0 Å². The molecule has 0 unspecified atom stereocenters. The maximum Gasteiger partial charge on any atom is 0.244 e. The zero-order valence-electron chi connectivity index (χ0n) is 17.9. The van der Waals surface area contributed by atoms with E-state index in [1.54, 1.807) is 23.0 Å². The third-order valence-electron chi connectivity index (χ3n) is 5.94. The van der Waals surface area contributed by atoms with E-state index in [4.69, 9.17) is 4.42 Å². The lowest BCUT2D eigenvalue weighted by Crippen LogP contribution is -2.23. The summed E-state index contributed by atoms with van der Waals surface area (Å²) in [5.74, 6) is -0.172. The van der Waals surface area contributed by atoms with Crippen molar-refractivity contribution in [1.29, 1.82) is 0 Å². The van der Waals surface area contributed by atoms with Gasteiger partial charge in [-0.3, -0.25) is 9.59 Å². The number of benzene rings is 1. The Kier molecular flexibility index (Phi) is 5.23. The number of pyridine rings is 2. The summed E-state index contributed by atoms with van der Waals surface area (Å²) in [6.07, 6.45) is 8.82. The van der Waals surface area contributed by atoms with Crippen LogP contribution < -0.4 is 15.6 Å². The minimum absolute atomic E-state index is 0.0566. The average Bonchev–Trinajstić information content (AvgIpc) is 3.51. The van der Waals surface area contributed by atoms with Gasteiger partial charge in [0.15, 0.2) is 0 Å². The highest BCUT2D eigenvalue weighted by Gasteiger charge is 2.18. The summed E-state index contributed by atoms with van der Waals surface area (Å²) in [5.41, 5.74) is 4.66. The van der Waals surface area contributed by atoms with Gasteiger partial charge in [0.2, 0.25) is 11.3 Å². The number of furan rings is 1. The van der Waals surface area contributed by atoms with E-state index in [2.05, 4.69) is 15.2 Å². The molecule has 1 aliphatic heterocycles. The fraction of sp³-hybridized carbons (Fsp3) is 0.240. The Labute approximate surface area is 185 Å². The quantitative estimate of drug-likeness (QED) is 0.515. The van der Waals surface area contributed by atoms with Crippen LogP contribution in [-0.2, 0) is 11.3 Å². The average molecular weight is 428 g/mol. The maximum atomic E-state index is 13.2. The Balaban J connectivity index is 1.58. The third-order valence-corrected chi connectivity index (χ3v) is 5.94. The zero-order valence-corrected chi connectivity index (χ0v) is 17.9. The molecule has 4 heterocycles. The molecule has 1 saturated heterocycles. The number of rotatable bonds is 5. The fourth-order valence-electron chi connectivity index (χ4n) is 4.21. The highest BCUT2D eigenvalue weighted by Crippen LogP contribution is 2.25. The van der Waals surface area contributed by atoms with Crippen molar-refractivity contribution in [2.45, 2.75) is 26.3 Å². The minimum atomic E-state index is -0.176. The number of hydrogen-bond donors (Lipinski definition) is 1. The lowest BCUT2D eigenvalue weighted by atomic mass is 10.1. The van der Waals surface area contributed by atoms with Gasteiger partial charge in [-0.2, -0.15) is 0 Å². The third kappa shape index (κ3) is 3.77. The second-order valence-corrected chi connectivity index (χ2v) is 8.13. The number of carbonyl (C=O) groups is 1. The van der Waals surface area contributed by atoms with Crippen LogP contribution in [0.3, 0.4) is 0 Å². The lowest BCUT2D eigenvalue weighted by Gasteiger charge is -2.19. The number of aryl methyl sites for hydroxylation is 1. The van der Waals surface area contributed by atoms with E-state index in [0.29, 0.717) is 22.2 Å². The Bertz CT molecular complexity index is 1340. The summed E-state index contributed by atoms with van der Waals surface area (Å²) < 4.78 is 6.99. The number of nitrogens with zero attached hydrogens (tertiary/aromatic N) is 3. The molecule has 32 heavy (non-hydrogen) atoms. The van der Waals surface area contributed by atoms with Crippen LogP contribution in [0.1, 0.15) is 18.4 Å². The van der Waals surface area contributed by atoms with E-state index in [1.807, 2.05) is 37.3 Å². The van der Waals surface area contributed by atoms with Crippen LogP contribution in [0.25, 0.3) is 22.2 Å². The van der Waals surface area contributed by atoms with E-state index < -0.39 is 0 Å². The molecule has 4 aromatic rings. The molecule has 0 atom stereocenters. The van der Waals surface area contributed by atoms with Crippen LogP contribution >= 0.6 is 0 Å². The zero-order chi connectivity index (χ0) is 22.1. The first kappa shape index (κ1) is 20.1. The van der Waals surface area contributed by atoms with Gasteiger partial charge in [-0.1, -0.05) is 18.2 Å². The van der Waals surface area contributed by atoms with Crippen molar-refractivity contribution in [2.24, 2.45) is 0 Å². The molecule has 0 saturated carbocycles. The molecule has 1 amide bonds. The van der Waals surface area contributed by atoms with Crippen LogP contribution in [0.4, 0.5) is 11.4 Å². The number of anilines is 2. The molecule has 0 aliphatic carbocycles. The largest absolute Gasteiger partial charge is 0.472 e. The monoisotopic (exact) mass is 428 g/mol. The van der Waals surface area contributed by atoms with Crippen molar-refractivity contribution in [2.75, 3.05) is 23.3 Å². The maximum absolute atomic E-state index is 13.2. The van der Waals surface area contributed by atoms with Crippen LogP contribution in [0.15, 0.2) is 70.5 Å². The normalized spacial score (nSPS) is 13.6. The molecule has 7 nitrogen and oxygen atoms in total. The van der Waals surface area contributed by atoms with Gasteiger partial charge in [0.1, 0.15) is 12.1 Å². The molecule has 1 aromatic carbocycles. The van der Waals surface area contributed by atoms with Crippen LogP contribution in [0, 0.1) is 6.92 Å². The first-order valence-electron chi connectivity index (χ1n) is 10.8. The molecular formula is C25H24N4O3. The number of carbonyl (C=O) groups excluding carboxylic acids is 1. The van der Waals surface area contributed by atoms with Crippen LogP contribution in [-0.4, -0.2) is 28.5 Å². The van der Waals surface area contributed by atoms with E-state index in [-0.39, 0.29) is 17.9 Å². The summed E-state index contributed by atoms with van der Waals surface area (Å²) in [7, 11) is 0. The van der Waals surface area contributed by atoms with Gasteiger partial charge in [0, 0.05) is 30.5 Å². The molecule has 0 spiro atoms. The Morgan fingerprint density at radius 2 is 2.00 bits per heavy atom. The van der Waals surface area contributed by atoms with Gasteiger partial charge in [0.05, 0.1) is 35.5 Å². The van der Waals surface area contributed by atoms with Crippen molar-refractivity contribution in [3.05, 3.63) is 77.1 Å². The predicted octanol–water partition coefficient (Wildman–Crippen LogP) is 4.20. The topological polar surface area (TPSA) is 80.4 Å². The van der Waals surface area contributed by atoms with Gasteiger partial charge in [-0.05, 0) is 43.5 Å². The second-order valence-electron chi connectivity index (χ2n) is 8.13. The number of fused-ring (bicyclic) bond motifs is 1. The Hall–Kier alpha value is -3.87. The molecule has 0 bridgehead atoms. The highest BCUT2D eigenvalue weighted by atomic mass is 16.3. The van der Waals surface area contributed by atoms with Crippen LogP contribution in [0.2, 0.25) is 0 Å². The van der Waals surface area contributed by atoms with Gasteiger partial charge in [0.25, 0.3) is 0 Å². The predicted molar refractivity (Wildman–Crippen MR) is 125 cm³/mol. The summed E-state index contributed by atoms with van der Waals surface area (Å²) >= 11 is 0. The Morgan fingerprint density at radius 3 is 2.75 bits per heavy atom. The number of amides is 1. The number of aromatic nitrogens is 2. The molecule has 1 aliphatic rings. The SMILES string of the molecule is Cc1ccccc1NC(=O)Cn1cc(-c2ccoc2)c(=O)c2ncc(N3CCCC3)cc21. The number of hydrogen-bond acceptors (Lipinski definition) is 5. The van der Waals surface area contributed by atoms with E-state index in [9.17, 15) is 9.59 Å². The molecule has 7 heteroatoms. The van der Waals surface area contributed by atoms with Crippen molar-refractivity contribution in [3.8, 4) is 11.1 Å². The summed E-state index contributed by atoms with van der Waals surface area (Å²) in [5, 5.41) is 2.97. The van der Waals surface area contributed by atoms with Crippen molar-refractivity contribution >= 4 is 28.3 Å². The lowest BCUT2D eigenvalue weighted by molar-refractivity contribution is -0.116. The van der Waals surface area contributed by atoms with Gasteiger partial charge in [-0.25, -0.2) is 4.98 Å². The first-order valence-corrected chi connectivity index (χ1v) is 10.8. The van der Waals surface area contributed by atoms with E-state index in [1.165, 1.54) is 12.5 Å². The Morgan fingerprint density at radius 1 is 1.19 bits per heavy atom. The summed E-state index contributed by atoms with van der Waals surface area (Å²) in [4.78, 5) is 32.9. The minimum Gasteiger partial charge on any atom is -0.472 e. The van der Waals surface area contributed by atoms with Crippen molar-refractivity contribution < 1.29 is 9.21 Å². The van der Waals surface area contributed by atoms with Gasteiger partial charge in [-0.15, -0.1) is 0 Å². The molecule has 1 N–H and O–H groups in total. The molecule has 1 fully saturated rings. The summed E-state index contributed by atoms with van der Waals surface area (Å²) in [6, 6.07) is 11.4. The van der Waals surface area contributed by atoms with Crippen LogP contribution in [0.5, 0.6) is 0 Å². The first-order chi connectivity index (χ1) is 15.6. The van der Waals surface area contributed by atoms with E-state index >= 15 is 0 Å². The number of nitrogens with one attached hydrogen (secondary N) is 1. The summed E-state index contributed by atoms with van der Waals surface area (Å²) in [6.45, 7) is 3.95. The number of para-hydroxylation sites is 1. The van der Waals surface area contributed by atoms with Crippen molar-refractivity contribution in [1.82, 2.24) is 9.55 Å². The van der Waals surface area contributed by atoms with Gasteiger partial charge >= 0.3 is 0 Å².